The summed E-state index contributed by atoms with van der Waals surface area (Å²) in [6, 6.07) is 0. The van der Waals surface area contributed by atoms with E-state index in [1.807, 2.05) is 0 Å². The van der Waals surface area contributed by atoms with Gasteiger partial charge in [-0.15, -0.1) is 0 Å². The Labute approximate surface area is 79.9 Å². The lowest BCUT2D eigenvalue weighted by Gasteiger charge is -2.08. The molecule has 1 heteroatoms. The highest BCUT2D eigenvalue weighted by molar-refractivity contribution is 9.09. The molecule has 0 radical (unpaired) electrons. The maximum atomic E-state index is 3.45. The molecule has 0 N–H and O–H groups in total. The maximum absolute atomic E-state index is 3.45. The Hall–Kier alpha value is 0.480. The summed E-state index contributed by atoms with van der Waals surface area (Å²) < 4.78 is 0. The highest BCUT2D eigenvalue weighted by atomic mass is 79.9. The topological polar surface area (TPSA) is 0 Å². The van der Waals surface area contributed by atoms with Crippen molar-refractivity contribution in [3.05, 3.63) is 0 Å². The molecule has 11 heavy (non-hydrogen) atoms. The summed E-state index contributed by atoms with van der Waals surface area (Å²) in [5.74, 6) is 0.954. The molecule has 0 rings (SSSR count). The fourth-order valence-electron chi connectivity index (χ4n) is 1.40. The average Bonchev–Trinajstić information content (AvgIpc) is 1.99. The Morgan fingerprint density at radius 3 is 2.36 bits per heavy atom. The van der Waals surface area contributed by atoms with Crippen molar-refractivity contribution in [3.63, 3.8) is 0 Å². The van der Waals surface area contributed by atoms with E-state index in [0.717, 1.165) is 5.92 Å². The van der Waals surface area contributed by atoms with Gasteiger partial charge >= 0.3 is 0 Å². The first-order valence-electron chi connectivity index (χ1n) is 4.87. The van der Waals surface area contributed by atoms with Crippen LogP contribution < -0.4 is 0 Å². The van der Waals surface area contributed by atoms with Gasteiger partial charge in [0.15, 0.2) is 0 Å². The first kappa shape index (κ1) is 11.5. The standard InChI is InChI=1S/C10H21Br/c1-3-7-10(2)8-5-4-6-9-11/h10H,3-9H2,1-2H3. The monoisotopic (exact) mass is 220 g/mol. The molecular formula is C10H21Br. The van der Waals surface area contributed by atoms with Gasteiger partial charge in [-0.05, 0) is 12.3 Å². The van der Waals surface area contributed by atoms with Gasteiger partial charge in [-0.1, -0.05) is 61.9 Å². The summed E-state index contributed by atoms with van der Waals surface area (Å²) in [6.07, 6.45) is 8.36. The summed E-state index contributed by atoms with van der Waals surface area (Å²) in [5, 5.41) is 1.18. The van der Waals surface area contributed by atoms with Crippen LogP contribution in [0.5, 0.6) is 0 Å². The van der Waals surface area contributed by atoms with E-state index in [-0.39, 0.29) is 0 Å². The molecule has 68 valence electrons. The van der Waals surface area contributed by atoms with Crippen molar-refractivity contribution in [1.29, 1.82) is 0 Å². The molecule has 0 saturated carbocycles. The minimum Gasteiger partial charge on any atom is -0.0928 e. The quantitative estimate of drug-likeness (QED) is 0.442. The normalized spacial score (nSPS) is 13.4. The zero-order valence-corrected chi connectivity index (χ0v) is 9.49. The Morgan fingerprint density at radius 1 is 1.09 bits per heavy atom. The van der Waals surface area contributed by atoms with Crippen LogP contribution in [0.15, 0.2) is 0 Å². The van der Waals surface area contributed by atoms with Crippen LogP contribution in [-0.2, 0) is 0 Å². The van der Waals surface area contributed by atoms with E-state index in [9.17, 15) is 0 Å². The van der Waals surface area contributed by atoms with E-state index in [0.29, 0.717) is 0 Å². The molecule has 0 aromatic heterocycles. The van der Waals surface area contributed by atoms with Gasteiger partial charge in [0.1, 0.15) is 0 Å². The van der Waals surface area contributed by atoms with Crippen molar-refractivity contribution in [2.24, 2.45) is 5.92 Å². The van der Waals surface area contributed by atoms with Gasteiger partial charge < -0.3 is 0 Å². The number of rotatable bonds is 7. The number of alkyl halides is 1. The summed E-state index contributed by atoms with van der Waals surface area (Å²) >= 11 is 3.45. The van der Waals surface area contributed by atoms with Gasteiger partial charge in [-0.3, -0.25) is 0 Å². The van der Waals surface area contributed by atoms with Crippen molar-refractivity contribution >= 4 is 15.9 Å². The molecule has 0 bridgehead atoms. The Kier molecular flexibility index (Phi) is 8.95. The van der Waals surface area contributed by atoms with E-state index < -0.39 is 0 Å². The van der Waals surface area contributed by atoms with E-state index in [1.165, 1.54) is 43.9 Å². The molecular weight excluding hydrogens is 200 g/mol. The lowest BCUT2D eigenvalue weighted by atomic mass is 9.99. The third-order valence-electron chi connectivity index (χ3n) is 2.11. The molecule has 1 unspecified atom stereocenters. The molecule has 1 atom stereocenters. The minimum atomic E-state index is 0.954. The second-order valence-corrected chi connectivity index (χ2v) is 4.23. The number of hydrogen-bond donors (Lipinski definition) is 0. The molecule has 0 nitrogen and oxygen atoms in total. The molecule has 0 aliphatic carbocycles. The van der Waals surface area contributed by atoms with E-state index >= 15 is 0 Å². The first-order valence-corrected chi connectivity index (χ1v) is 5.99. The molecule has 0 aliphatic rings. The molecule has 0 aromatic rings. The van der Waals surface area contributed by atoms with Gasteiger partial charge in [0.2, 0.25) is 0 Å². The summed E-state index contributed by atoms with van der Waals surface area (Å²) in [6.45, 7) is 4.65. The van der Waals surface area contributed by atoms with E-state index in [2.05, 4.69) is 29.8 Å². The zero-order valence-electron chi connectivity index (χ0n) is 7.91. The van der Waals surface area contributed by atoms with Crippen LogP contribution in [0.2, 0.25) is 0 Å². The van der Waals surface area contributed by atoms with Crippen molar-refractivity contribution in [2.45, 2.75) is 52.4 Å². The summed E-state index contributed by atoms with van der Waals surface area (Å²) in [5.41, 5.74) is 0. The van der Waals surface area contributed by atoms with E-state index in [4.69, 9.17) is 0 Å². The number of halogens is 1. The molecule has 0 saturated heterocycles. The van der Waals surface area contributed by atoms with Crippen LogP contribution in [-0.4, -0.2) is 5.33 Å². The highest BCUT2D eigenvalue weighted by Crippen LogP contribution is 2.14. The summed E-state index contributed by atoms with van der Waals surface area (Å²) in [7, 11) is 0. The van der Waals surface area contributed by atoms with Gasteiger partial charge in [-0.25, -0.2) is 0 Å². The SMILES string of the molecule is CCCC(C)CCCCCBr. The molecule has 0 aromatic carbocycles. The molecule has 0 amide bonds. The van der Waals surface area contributed by atoms with Crippen molar-refractivity contribution < 1.29 is 0 Å². The molecule has 0 aliphatic heterocycles. The maximum Gasteiger partial charge on any atom is 0.00313 e. The van der Waals surface area contributed by atoms with Crippen LogP contribution in [0.4, 0.5) is 0 Å². The second-order valence-electron chi connectivity index (χ2n) is 3.43. The Balaban J connectivity index is 2.97. The van der Waals surface area contributed by atoms with Gasteiger partial charge in [-0.2, -0.15) is 0 Å². The minimum absolute atomic E-state index is 0.954. The molecule has 0 heterocycles. The van der Waals surface area contributed by atoms with Crippen LogP contribution in [0, 0.1) is 5.92 Å². The zero-order chi connectivity index (χ0) is 8.53. The van der Waals surface area contributed by atoms with Crippen LogP contribution in [0.3, 0.4) is 0 Å². The van der Waals surface area contributed by atoms with E-state index in [1.54, 1.807) is 0 Å². The third kappa shape index (κ3) is 8.39. The lowest BCUT2D eigenvalue weighted by molar-refractivity contribution is 0.460. The Morgan fingerprint density at radius 2 is 1.82 bits per heavy atom. The Bertz CT molecular complexity index is 71.3. The fraction of sp³-hybridized carbons (Fsp3) is 1.00. The highest BCUT2D eigenvalue weighted by Gasteiger charge is 1.98. The van der Waals surface area contributed by atoms with Gasteiger partial charge in [0, 0.05) is 5.33 Å². The largest absolute Gasteiger partial charge is 0.0928 e. The summed E-state index contributed by atoms with van der Waals surface area (Å²) in [4.78, 5) is 0. The number of unbranched alkanes of at least 4 members (excludes halogenated alkanes) is 2. The predicted molar refractivity (Wildman–Crippen MR) is 56.3 cm³/mol. The average molecular weight is 221 g/mol. The first-order chi connectivity index (χ1) is 5.31. The van der Waals surface area contributed by atoms with Crippen LogP contribution in [0.1, 0.15) is 52.4 Å². The molecule has 0 fully saturated rings. The van der Waals surface area contributed by atoms with Gasteiger partial charge in [0.05, 0.1) is 0 Å². The van der Waals surface area contributed by atoms with Crippen molar-refractivity contribution in [1.82, 2.24) is 0 Å². The molecule has 0 spiro atoms. The lowest BCUT2D eigenvalue weighted by Crippen LogP contribution is -1.93. The fourth-order valence-corrected chi connectivity index (χ4v) is 1.80. The van der Waals surface area contributed by atoms with Crippen LogP contribution >= 0.6 is 15.9 Å². The van der Waals surface area contributed by atoms with Crippen molar-refractivity contribution in [2.75, 3.05) is 5.33 Å². The second kappa shape index (κ2) is 8.58. The van der Waals surface area contributed by atoms with Crippen LogP contribution in [0.25, 0.3) is 0 Å². The predicted octanol–water partition coefficient (Wildman–Crippen LogP) is 4.38. The smallest absolute Gasteiger partial charge is 0.00313 e. The van der Waals surface area contributed by atoms with Gasteiger partial charge in [0.25, 0.3) is 0 Å². The third-order valence-corrected chi connectivity index (χ3v) is 2.67. The van der Waals surface area contributed by atoms with Crippen molar-refractivity contribution in [3.8, 4) is 0 Å². The number of hydrogen-bond acceptors (Lipinski definition) is 0.